The molecule has 0 aliphatic carbocycles. The Morgan fingerprint density at radius 3 is 2.62 bits per heavy atom. The Bertz CT molecular complexity index is 689. The van der Waals surface area contributed by atoms with E-state index >= 15 is 0 Å². The van der Waals surface area contributed by atoms with Crippen LogP contribution < -0.4 is 5.32 Å². The van der Waals surface area contributed by atoms with E-state index in [0.717, 1.165) is 16.9 Å². The van der Waals surface area contributed by atoms with Gasteiger partial charge in [0.2, 0.25) is 5.91 Å². The van der Waals surface area contributed by atoms with E-state index in [9.17, 15) is 4.79 Å². The van der Waals surface area contributed by atoms with Gasteiger partial charge in [0.1, 0.15) is 5.82 Å². The lowest BCUT2D eigenvalue weighted by molar-refractivity contribution is -0.116. The van der Waals surface area contributed by atoms with Gasteiger partial charge in [-0.2, -0.15) is 5.10 Å². The number of anilines is 1. The molecule has 1 aliphatic heterocycles. The first kappa shape index (κ1) is 14.4. The van der Waals surface area contributed by atoms with Crippen molar-refractivity contribution < 1.29 is 4.79 Å². The lowest BCUT2D eigenvalue weighted by Gasteiger charge is -2.25. The number of aromatic nitrogens is 2. The molecule has 1 N–H and O–H groups in total. The minimum atomic E-state index is -0.164. The van der Waals surface area contributed by atoms with Crippen molar-refractivity contribution >= 4 is 34.9 Å². The van der Waals surface area contributed by atoms with E-state index < -0.39 is 0 Å². The molecule has 0 radical (unpaired) electrons. The average Bonchev–Trinajstić information content (AvgIpc) is 2.82. The fourth-order valence-corrected chi connectivity index (χ4v) is 3.39. The summed E-state index contributed by atoms with van der Waals surface area (Å²) in [5.74, 6) is 0.524. The molecule has 1 aliphatic rings. The molecule has 0 unspecified atom stereocenters. The summed E-state index contributed by atoms with van der Waals surface area (Å²) in [5.41, 5.74) is 1.75. The van der Waals surface area contributed by atoms with Crippen molar-refractivity contribution in [2.45, 2.75) is 32.2 Å². The van der Waals surface area contributed by atoms with Crippen LogP contribution >= 0.6 is 23.2 Å². The standard InChI is InChI=1S/C15H15Cl2N3O/c1-8(2)20-15-10(7-18-20)9(6-13(21)19-15)14-11(16)4-3-5-12(14)17/h3-5,7-9H,6H2,1-2H3,(H,19,21)/t9-/m0/s1. The Labute approximate surface area is 133 Å². The van der Waals surface area contributed by atoms with Crippen LogP contribution in [0.25, 0.3) is 0 Å². The molecule has 2 aromatic rings. The van der Waals surface area contributed by atoms with Crippen molar-refractivity contribution in [3.05, 3.63) is 45.6 Å². The van der Waals surface area contributed by atoms with Crippen molar-refractivity contribution in [3.63, 3.8) is 0 Å². The first-order valence-corrected chi connectivity index (χ1v) is 7.55. The fourth-order valence-electron chi connectivity index (χ4n) is 2.73. The molecule has 2 heterocycles. The molecule has 6 heteroatoms. The Morgan fingerprint density at radius 1 is 1.33 bits per heavy atom. The molecule has 0 saturated heterocycles. The zero-order chi connectivity index (χ0) is 15.1. The summed E-state index contributed by atoms with van der Waals surface area (Å²) in [4.78, 5) is 12.1. The number of amides is 1. The monoisotopic (exact) mass is 323 g/mol. The third kappa shape index (κ3) is 2.43. The molecule has 3 rings (SSSR count). The topological polar surface area (TPSA) is 46.9 Å². The van der Waals surface area contributed by atoms with Gasteiger partial charge in [-0.3, -0.25) is 4.79 Å². The van der Waals surface area contributed by atoms with E-state index in [-0.39, 0.29) is 17.9 Å². The van der Waals surface area contributed by atoms with Crippen LogP contribution in [0.5, 0.6) is 0 Å². The van der Waals surface area contributed by atoms with Gasteiger partial charge in [0.15, 0.2) is 0 Å². The van der Waals surface area contributed by atoms with Crippen LogP contribution in [0.2, 0.25) is 10.0 Å². The maximum atomic E-state index is 12.1. The summed E-state index contributed by atoms with van der Waals surface area (Å²) >= 11 is 12.6. The van der Waals surface area contributed by atoms with Crippen LogP contribution in [0.4, 0.5) is 5.82 Å². The highest BCUT2D eigenvalue weighted by molar-refractivity contribution is 6.36. The van der Waals surface area contributed by atoms with Crippen molar-refractivity contribution in [1.29, 1.82) is 0 Å². The summed E-state index contributed by atoms with van der Waals surface area (Å²) in [6, 6.07) is 5.55. The first-order valence-electron chi connectivity index (χ1n) is 6.80. The van der Waals surface area contributed by atoms with Crippen LogP contribution in [0.3, 0.4) is 0 Å². The van der Waals surface area contributed by atoms with E-state index in [1.807, 2.05) is 18.5 Å². The van der Waals surface area contributed by atoms with Gasteiger partial charge in [-0.15, -0.1) is 0 Å². The summed E-state index contributed by atoms with van der Waals surface area (Å²) in [7, 11) is 0. The molecule has 1 aromatic heterocycles. The molecule has 1 aromatic carbocycles. The van der Waals surface area contributed by atoms with Crippen molar-refractivity contribution in [2.75, 3.05) is 5.32 Å². The van der Waals surface area contributed by atoms with Gasteiger partial charge in [-0.1, -0.05) is 29.3 Å². The summed E-state index contributed by atoms with van der Waals surface area (Å²) in [6.07, 6.45) is 2.11. The number of nitrogens with zero attached hydrogens (tertiary/aromatic N) is 2. The maximum absolute atomic E-state index is 12.1. The molecule has 1 atom stereocenters. The number of nitrogens with one attached hydrogen (secondary N) is 1. The van der Waals surface area contributed by atoms with Crippen LogP contribution in [-0.4, -0.2) is 15.7 Å². The lowest BCUT2D eigenvalue weighted by Crippen LogP contribution is -2.25. The van der Waals surface area contributed by atoms with Gasteiger partial charge < -0.3 is 5.32 Å². The summed E-state index contributed by atoms with van der Waals surface area (Å²) in [5, 5.41) is 8.44. The van der Waals surface area contributed by atoms with Gasteiger partial charge in [-0.05, 0) is 31.5 Å². The summed E-state index contributed by atoms with van der Waals surface area (Å²) < 4.78 is 1.81. The average molecular weight is 324 g/mol. The Balaban J connectivity index is 2.16. The normalized spacial score (nSPS) is 17.8. The Hall–Kier alpha value is -1.52. The van der Waals surface area contributed by atoms with Crippen molar-refractivity contribution in [2.24, 2.45) is 0 Å². The number of rotatable bonds is 2. The number of fused-ring (bicyclic) bond motifs is 1. The predicted octanol–water partition coefficient (Wildman–Crippen LogP) is 4.24. The molecule has 1 amide bonds. The van der Waals surface area contributed by atoms with E-state index in [0.29, 0.717) is 16.5 Å². The minimum Gasteiger partial charge on any atom is -0.311 e. The molecule has 0 saturated carbocycles. The highest BCUT2D eigenvalue weighted by Gasteiger charge is 2.32. The van der Waals surface area contributed by atoms with Crippen LogP contribution in [-0.2, 0) is 4.79 Å². The van der Waals surface area contributed by atoms with Crippen molar-refractivity contribution in [1.82, 2.24) is 9.78 Å². The molecular formula is C15H15Cl2N3O. The minimum absolute atomic E-state index is 0.0501. The largest absolute Gasteiger partial charge is 0.311 e. The van der Waals surface area contributed by atoms with Crippen LogP contribution in [0.15, 0.2) is 24.4 Å². The predicted molar refractivity (Wildman–Crippen MR) is 84.2 cm³/mol. The molecule has 4 nitrogen and oxygen atoms in total. The third-order valence-electron chi connectivity index (χ3n) is 3.68. The van der Waals surface area contributed by atoms with Gasteiger partial charge >= 0.3 is 0 Å². The molecule has 21 heavy (non-hydrogen) atoms. The lowest BCUT2D eigenvalue weighted by atomic mass is 9.87. The molecular weight excluding hydrogens is 309 g/mol. The maximum Gasteiger partial charge on any atom is 0.226 e. The van der Waals surface area contributed by atoms with E-state index in [4.69, 9.17) is 23.2 Å². The Kier molecular flexibility index (Phi) is 3.68. The Morgan fingerprint density at radius 2 is 2.00 bits per heavy atom. The molecule has 110 valence electrons. The van der Waals surface area contributed by atoms with E-state index in [2.05, 4.69) is 10.4 Å². The van der Waals surface area contributed by atoms with Gasteiger partial charge in [0.25, 0.3) is 0 Å². The van der Waals surface area contributed by atoms with Crippen LogP contribution in [0.1, 0.15) is 43.4 Å². The smallest absolute Gasteiger partial charge is 0.226 e. The van der Waals surface area contributed by atoms with Crippen LogP contribution in [0, 0.1) is 0 Å². The molecule has 0 bridgehead atoms. The molecule has 0 spiro atoms. The fraction of sp³-hybridized carbons (Fsp3) is 0.333. The van der Waals surface area contributed by atoms with Gasteiger partial charge in [-0.25, -0.2) is 4.68 Å². The number of hydrogen-bond donors (Lipinski definition) is 1. The number of carbonyl (C=O) groups is 1. The third-order valence-corrected chi connectivity index (χ3v) is 4.34. The number of carbonyl (C=O) groups excluding carboxylic acids is 1. The van der Waals surface area contributed by atoms with E-state index in [1.165, 1.54) is 0 Å². The molecule has 0 fully saturated rings. The number of halogens is 2. The SMILES string of the molecule is CC(C)n1ncc2c1NC(=O)C[C@@H]2c1c(Cl)cccc1Cl. The zero-order valence-electron chi connectivity index (χ0n) is 11.7. The number of hydrogen-bond acceptors (Lipinski definition) is 2. The second kappa shape index (κ2) is 5.35. The highest BCUT2D eigenvalue weighted by Crippen LogP contribution is 2.43. The zero-order valence-corrected chi connectivity index (χ0v) is 13.2. The summed E-state index contributed by atoms with van der Waals surface area (Å²) in [6.45, 7) is 4.04. The second-order valence-electron chi connectivity index (χ2n) is 5.43. The quantitative estimate of drug-likeness (QED) is 0.898. The highest BCUT2D eigenvalue weighted by atomic mass is 35.5. The van der Waals surface area contributed by atoms with E-state index in [1.54, 1.807) is 24.4 Å². The van der Waals surface area contributed by atoms with Crippen molar-refractivity contribution in [3.8, 4) is 0 Å². The number of benzene rings is 1. The van der Waals surface area contributed by atoms with Gasteiger partial charge in [0.05, 0.1) is 6.20 Å². The van der Waals surface area contributed by atoms with Gasteiger partial charge in [0, 0.05) is 34.0 Å². The second-order valence-corrected chi connectivity index (χ2v) is 6.24. The first-order chi connectivity index (χ1) is 9.99.